The van der Waals surface area contributed by atoms with Crippen molar-refractivity contribution in [1.29, 1.82) is 0 Å². The van der Waals surface area contributed by atoms with Crippen LogP contribution in [0.15, 0.2) is 59.8 Å². The second-order valence-corrected chi connectivity index (χ2v) is 6.93. The first-order valence-electron chi connectivity index (χ1n) is 9.00. The standard InChI is InChI=1S/C20H21N5O3S/c1-2-25-17(12-28-14-8-4-3-5-9-14)23-24-20(25)29-13-18(26)22-16-11-7-6-10-15(16)19(21)27/h3-11H,2,12-13H2,1H3,(H2,21,27)(H,22,26). The molecular formula is C20H21N5O3S. The average Bonchev–Trinajstić information content (AvgIpc) is 3.13. The molecule has 3 aromatic rings. The summed E-state index contributed by atoms with van der Waals surface area (Å²) in [5, 5.41) is 11.7. The maximum Gasteiger partial charge on any atom is 0.250 e. The van der Waals surface area contributed by atoms with Crippen LogP contribution in [0.5, 0.6) is 5.75 Å². The van der Waals surface area contributed by atoms with Crippen molar-refractivity contribution in [3.63, 3.8) is 0 Å². The summed E-state index contributed by atoms with van der Waals surface area (Å²) in [6.07, 6.45) is 0. The third-order valence-electron chi connectivity index (χ3n) is 4.02. The fourth-order valence-corrected chi connectivity index (χ4v) is 3.46. The van der Waals surface area contributed by atoms with Crippen molar-refractivity contribution in [2.24, 2.45) is 5.73 Å². The molecule has 9 heteroatoms. The molecule has 0 spiro atoms. The monoisotopic (exact) mass is 411 g/mol. The Morgan fingerprint density at radius 3 is 2.55 bits per heavy atom. The van der Waals surface area contributed by atoms with E-state index in [-0.39, 0.29) is 23.8 Å². The zero-order valence-corrected chi connectivity index (χ0v) is 16.7. The van der Waals surface area contributed by atoms with Crippen LogP contribution in [0.4, 0.5) is 5.69 Å². The first-order chi connectivity index (χ1) is 14.1. The molecule has 8 nitrogen and oxygen atoms in total. The molecule has 0 fully saturated rings. The fraction of sp³-hybridized carbons (Fsp3) is 0.200. The smallest absolute Gasteiger partial charge is 0.250 e. The third-order valence-corrected chi connectivity index (χ3v) is 4.99. The Morgan fingerprint density at radius 1 is 1.10 bits per heavy atom. The highest BCUT2D eigenvalue weighted by Crippen LogP contribution is 2.20. The highest BCUT2D eigenvalue weighted by Gasteiger charge is 2.15. The van der Waals surface area contributed by atoms with Crippen LogP contribution in [-0.4, -0.2) is 32.3 Å². The summed E-state index contributed by atoms with van der Waals surface area (Å²) < 4.78 is 7.63. The molecule has 0 unspecified atom stereocenters. The van der Waals surface area contributed by atoms with E-state index in [4.69, 9.17) is 10.5 Å². The van der Waals surface area contributed by atoms with Gasteiger partial charge in [-0.05, 0) is 31.2 Å². The number of aromatic nitrogens is 3. The first kappa shape index (κ1) is 20.4. The Bertz CT molecular complexity index is 991. The van der Waals surface area contributed by atoms with Gasteiger partial charge >= 0.3 is 0 Å². The summed E-state index contributed by atoms with van der Waals surface area (Å²) >= 11 is 1.26. The molecule has 0 aliphatic heterocycles. The Labute approximate surface area is 172 Å². The highest BCUT2D eigenvalue weighted by atomic mass is 32.2. The molecule has 2 aromatic carbocycles. The number of nitrogens with zero attached hydrogens (tertiary/aromatic N) is 3. The molecule has 0 aliphatic rings. The summed E-state index contributed by atoms with van der Waals surface area (Å²) in [6.45, 7) is 2.90. The molecule has 0 atom stereocenters. The van der Waals surface area contributed by atoms with Gasteiger partial charge in [0.05, 0.1) is 17.0 Å². The molecule has 29 heavy (non-hydrogen) atoms. The van der Waals surface area contributed by atoms with Gasteiger partial charge in [0.25, 0.3) is 5.91 Å². The lowest BCUT2D eigenvalue weighted by atomic mass is 10.1. The normalized spacial score (nSPS) is 10.5. The summed E-state index contributed by atoms with van der Waals surface area (Å²) in [7, 11) is 0. The number of ether oxygens (including phenoxy) is 1. The number of nitrogens with one attached hydrogen (secondary N) is 1. The van der Waals surface area contributed by atoms with Gasteiger partial charge < -0.3 is 20.4 Å². The fourth-order valence-electron chi connectivity index (χ4n) is 2.64. The maximum absolute atomic E-state index is 12.3. The lowest BCUT2D eigenvalue weighted by Gasteiger charge is -2.10. The van der Waals surface area contributed by atoms with E-state index in [0.717, 1.165) is 5.75 Å². The van der Waals surface area contributed by atoms with E-state index >= 15 is 0 Å². The van der Waals surface area contributed by atoms with Gasteiger partial charge in [-0.15, -0.1) is 10.2 Å². The number of rotatable bonds is 9. The van der Waals surface area contributed by atoms with Crippen molar-refractivity contribution in [2.45, 2.75) is 25.2 Å². The van der Waals surface area contributed by atoms with Crippen LogP contribution in [0.25, 0.3) is 0 Å². The largest absolute Gasteiger partial charge is 0.486 e. The minimum atomic E-state index is -0.595. The van der Waals surface area contributed by atoms with Crippen molar-refractivity contribution in [2.75, 3.05) is 11.1 Å². The lowest BCUT2D eigenvalue weighted by Crippen LogP contribution is -2.19. The van der Waals surface area contributed by atoms with Gasteiger partial charge in [-0.3, -0.25) is 9.59 Å². The highest BCUT2D eigenvalue weighted by molar-refractivity contribution is 7.99. The van der Waals surface area contributed by atoms with Gasteiger partial charge in [0.1, 0.15) is 12.4 Å². The van der Waals surface area contributed by atoms with Gasteiger partial charge in [-0.2, -0.15) is 0 Å². The molecule has 2 amide bonds. The zero-order chi connectivity index (χ0) is 20.6. The SMILES string of the molecule is CCn1c(COc2ccccc2)nnc1SCC(=O)Nc1ccccc1C(N)=O. The number of hydrogen-bond acceptors (Lipinski definition) is 6. The second kappa shape index (κ2) is 9.74. The van der Waals surface area contributed by atoms with Crippen molar-refractivity contribution < 1.29 is 14.3 Å². The molecule has 0 saturated carbocycles. The number of anilines is 1. The van der Waals surface area contributed by atoms with Crippen molar-refractivity contribution >= 4 is 29.3 Å². The van der Waals surface area contributed by atoms with Crippen LogP contribution in [0.1, 0.15) is 23.1 Å². The van der Waals surface area contributed by atoms with Gasteiger partial charge in [0, 0.05) is 6.54 Å². The predicted molar refractivity (Wildman–Crippen MR) is 111 cm³/mol. The van der Waals surface area contributed by atoms with E-state index < -0.39 is 5.91 Å². The molecule has 1 aromatic heterocycles. The molecule has 0 aliphatic carbocycles. The number of carbonyl (C=O) groups excluding carboxylic acids is 2. The number of para-hydroxylation sites is 2. The van der Waals surface area contributed by atoms with Crippen molar-refractivity contribution in [3.05, 3.63) is 66.0 Å². The van der Waals surface area contributed by atoms with Crippen LogP contribution in [0, 0.1) is 0 Å². The number of thioether (sulfide) groups is 1. The van der Waals surface area contributed by atoms with Crippen LogP contribution < -0.4 is 15.8 Å². The Kier molecular flexibility index (Phi) is 6.85. The molecule has 0 saturated heterocycles. The Hall–Kier alpha value is -3.33. The van der Waals surface area contributed by atoms with Crippen LogP contribution in [0.3, 0.4) is 0 Å². The minimum absolute atomic E-state index is 0.116. The second-order valence-electron chi connectivity index (χ2n) is 5.99. The van der Waals surface area contributed by atoms with Crippen LogP contribution >= 0.6 is 11.8 Å². The van der Waals surface area contributed by atoms with Gasteiger partial charge in [0.15, 0.2) is 11.0 Å². The van der Waals surface area contributed by atoms with E-state index in [2.05, 4.69) is 15.5 Å². The molecule has 0 radical (unpaired) electrons. The average molecular weight is 411 g/mol. The number of nitrogens with two attached hydrogens (primary N) is 1. The summed E-state index contributed by atoms with van der Waals surface area (Å²) in [4.78, 5) is 23.8. The number of benzene rings is 2. The number of amides is 2. The molecule has 150 valence electrons. The quantitative estimate of drug-likeness (QED) is 0.524. The van der Waals surface area contributed by atoms with Gasteiger partial charge in [0.2, 0.25) is 5.91 Å². The molecule has 0 bridgehead atoms. The first-order valence-corrected chi connectivity index (χ1v) is 9.98. The topological polar surface area (TPSA) is 112 Å². The Morgan fingerprint density at radius 2 is 1.83 bits per heavy atom. The third kappa shape index (κ3) is 5.35. The van der Waals surface area contributed by atoms with E-state index in [1.54, 1.807) is 24.3 Å². The van der Waals surface area contributed by atoms with Crippen LogP contribution in [0.2, 0.25) is 0 Å². The Balaban J connectivity index is 1.60. The number of hydrogen-bond donors (Lipinski definition) is 2. The summed E-state index contributed by atoms with van der Waals surface area (Å²) in [5.41, 5.74) is 5.99. The molecule has 3 N–H and O–H groups in total. The minimum Gasteiger partial charge on any atom is -0.486 e. The molecule has 3 rings (SSSR count). The van der Waals surface area contributed by atoms with Gasteiger partial charge in [-0.25, -0.2) is 0 Å². The zero-order valence-electron chi connectivity index (χ0n) is 15.9. The number of primary amides is 1. The van der Waals surface area contributed by atoms with Crippen LogP contribution in [-0.2, 0) is 17.9 Å². The maximum atomic E-state index is 12.3. The predicted octanol–water partition coefficient (Wildman–Crippen LogP) is 2.71. The van der Waals surface area contributed by atoms with E-state index in [1.807, 2.05) is 41.8 Å². The van der Waals surface area contributed by atoms with E-state index in [1.165, 1.54) is 11.8 Å². The van der Waals surface area contributed by atoms with E-state index in [0.29, 0.717) is 23.2 Å². The molecule has 1 heterocycles. The summed E-state index contributed by atoms with van der Waals surface area (Å²) in [5.74, 6) is 0.682. The van der Waals surface area contributed by atoms with E-state index in [9.17, 15) is 9.59 Å². The van der Waals surface area contributed by atoms with Crippen molar-refractivity contribution in [3.8, 4) is 5.75 Å². The lowest BCUT2D eigenvalue weighted by molar-refractivity contribution is -0.113. The van der Waals surface area contributed by atoms with Crippen molar-refractivity contribution in [1.82, 2.24) is 14.8 Å². The molecular weight excluding hydrogens is 390 g/mol. The summed E-state index contributed by atoms with van der Waals surface area (Å²) in [6, 6.07) is 16.1. The van der Waals surface area contributed by atoms with Gasteiger partial charge in [-0.1, -0.05) is 42.1 Å². The number of carbonyl (C=O) groups is 2.